The number of pyridine rings is 1. The molecule has 2 aromatic carbocycles. The molecule has 0 saturated heterocycles. The lowest BCUT2D eigenvalue weighted by Gasteiger charge is -2.09. The first-order valence-electron chi connectivity index (χ1n) is 10.2. The third-order valence-electron chi connectivity index (χ3n) is 4.94. The predicted molar refractivity (Wildman–Crippen MR) is 131 cm³/mol. The lowest BCUT2D eigenvalue weighted by molar-refractivity contribution is -0.119. The number of rotatable bonds is 6. The van der Waals surface area contributed by atoms with Gasteiger partial charge in [-0.1, -0.05) is 48.0 Å². The van der Waals surface area contributed by atoms with Crippen molar-refractivity contribution in [3.8, 4) is 22.7 Å². The monoisotopic (exact) mass is 489 g/mol. The molecular weight excluding hydrogens is 474 g/mol. The number of nitrogens with one attached hydrogen (secondary N) is 1. The number of thiazole rings is 1. The number of nitrogens with zero attached hydrogens (tertiary/aromatic N) is 2. The van der Waals surface area contributed by atoms with E-state index in [1.54, 1.807) is 47.8 Å². The van der Waals surface area contributed by atoms with Crippen LogP contribution in [0.25, 0.3) is 33.6 Å². The summed E-state index contributed by atoms with van der Waals surface area (Å²) in [6.07, 6.45) is 1.53. The van der Waals surface area contributed by atoms with Gasteiger partial charge >= 0.3 is 5.97 Å². The van der Waals surface area contributed by atoms with Crippen LogP contribution in [-0.4, -0.2) is 28.5 Å². The highest BCUT2D eigenvalue weighted by atomic mass is 35.5. The topological polar surface area (TPSA) is 94.3 Å². The van der Waals surface area contributed by atoms with Crippen LogP contribution in [0.3, 0.4) is 0 Å². The second kappa shape index (κ2) is 9.46. The number of amides is 1. The molecule has 1 amide bonds. The average molecular weight is 490 g/mol. The van der Waals surface area contributed by atoms with E-state index >= 15 is 0 Å². The highest BCUT2D eigenvalue weighted by molar-refractivity contribution is 7.14. The Morgan fingerprint density at radius 2 is 1.82 bits per heavy atom. The Labute approximate surface area is 203 Å². The zero-order chi connectivity index (χ0) is 23.5. The molecule has 0 aliphatic heterocycles. The Balaban J connectivity index is 1.29. The van der Waals surface area contributed by atoms with Gasteiger partial charge in [-0.2, -0.15) is 0 Å². The summed E-state index contributed by atoms with van der Waals surface area (Å²) < 4.78 is 10.7. The molecular formula is C25H16ClN3O4S. The Kier molecular flexibility index (Phi) is 6.07. The first-order valence-corrected chi connectivity index (χ1v) is 11.5. The van der Waals surface area contributed by atoms with Crippen LogP contribution in [0.15, 0.2) is 82.8 Å². The minimum Gasteiger partial charge on any atom is -0.463 e. The van der Waals surface area contributed by atoms with Crippen molar-refractivity contribution in [2.45, 2.75) is 0 Å². The maximum absolute atomic E-state index is 12.9. The number of benzene rings is 2. The molecule has 0 spiro atoms. The van der Waals surface area contributed by atoms with Crippen LogP contribution in [-0.2, 0) is 9.53 Å². The number of esters is 1. The van der Waals surface area contributed by atoms with Crippen LogP contribution in [0.5, 0.6) is 0 Å². The fourth-order valence-corrected chi connectivity index (χ4v) is 4.34. The molecule has 34 heavy (non-hydrogen) atoms. The van der Waals surface area contributed by atoms with Gasteiger partial charge in [0.05, 0.1) is 23.0 Å². The van der Waals surface area contributed by atoms with E-state index in [2.05, 4.69) is 15.3 Å². The number of ether oxygens (including phenoxy) is 1. The molecule has 0 fully saturated rings. The Hall–Kier alpha value is -4.01. The molecule has 9 heteroatoms. The van der Waals surface area contributed by atoms with E-state index < -0.39 is 18.5 Å². The van der Waals surface area contributed by atoms with Gasteiger partial charge in [-0.15, -0.1) is 11.3 Å². The lowest BCUT2D eigenvalue weighted by Crippen LogP contribution is -2.21. The summed E-state index contributed by atoms with van der Waals surface area (Å²) >= 11 is 7.46. The van der Waals surface area contributed by atoms with Crippen LogP contribution < -0.4 is 5.32 Å². The maximum atomic E-state index is 12.9. The molecule has 0 saturated carbocycles. The molecule has 168 valence electrons. The van der Waals surface area contributed by atoms with Crippen molar-refractivity contribution >= 4 is 50.8 Å². The normalized spacial score (nSPS) is 10.9. The van der Waals surface area contributed by atoms with E-state index in [9.17, 15) is 9.59 Å². The Bertz CT molecular complexity index is 1500. The molecule has 7 nitrogen and oxygen atoms in total. The molecule has 5 aromatic rings. The van der Waals surface area contributed by atoms with Crippen molar-refractivity contribution in [3.05, 3.63) is 89.0 Å². The van der Waals surface area contributed by atoms with E-state index in [0.29, 0.717) is 43.8 Å². The number of furan rings is 1. The van der Waals surface area contributed by atoms with Crippen molar-refractivity contribution in [3.63, 3.8) is 0 Å². The summed E-state index contributed by atoms with van der Waals surface area (Å²) in [6.45, 7) is -0.466. The molecule has 3 heterocycles. The number of para-hydroxylation sites is 1. The number of aromatic nitrogens is 2. The van der Waals surface area contributed by atoms with E-state index in [-0.39, 0.29) is 0 Å². The van der Waals surface area contributed by atoms with Gasteiger partial charge in [-0.3, -0.25) is 10.1 Å². The highest BCUT2D eigenvalue weighted by Crippen LogP contribution is 2.30. The standard InChI is InChI=1S/C25H16ClN3O4S/c26-18-8-3-1-7-16(18)21-14-34-25(28-21)29-23(30)13-33-24(31)17-12-20(22-10-5-11-32-22)27-19-9-4-2-6-15(17)19/h1-12,14H,13H2,(H,28,29,30). The Morgan fingerprint density at radius 3 is 2.65 bits per heavy atom. The van der Waals surface area contributed by atoms with Gasteiger partial charge in [0, 0.05) is 21.4 Å². The number of fused-ring (bicyclic) bond motifs is 1. The number of anilines is 1. The minimum atomic E-state index is -0.641. The van der Waals surface area contributed by atoms with E-state index in [4.69, 9.17) is 20.8 Å². The highest BCUT2D eigenvalue weighted by Gasteiger charge is 2.18. The van der Waals surface area contributed by atoms with Crippen molar-refractivity contribution in [2.24, 2.45) is 0 Å². The lowest BCUT2D eigenvalue weighted by atomic mass is 10.1. The summed E-state index contributed by atoms with van der Waals surface area (Å²) in [4.78, 5) is 34.2. The van der Waals surface area contributed by atoms with E-state index in [0.717, 1.165) is 5.56 Å². The SMILES string of the molecule is O=C(COC(=O)c1cc(-c2ccco2)nc2ccccc12)Nc1nc(-c2ccccc2Cl)cs1. The van der Waals surface area contributed by atoms with Gasteiger partial charge in [0.15, 0.2) is 17.5 Å². The van der Waals surface area contributed by atoms with Crippen molar-refractivity contribution in [1.29, 1.82) is 0 Å². The van der Waals surface area contributed by atoms with E-state index in [1.807, 2.05) is 24.3 Å². The largest absolute Gasteiger partial charge is 0.463 e. The summed E-state index contributed by atoms with van der Waals surface area (Å²) in [7, 11) is 0. The third kappa shape index (κ3) is 4.54. The second-order valence-electron chi connectivity index (χ2n) is 7.19. The zero-order valence-corrected chi connectivity index (χ0v) is 19.1. The van der Waals surface area contributed by atoms with Crippen LogP contribution in [0.4, 0.5) is 5.13 Å². The summed E-state index contributed by atoms with van der Waals surface area (Å²) in [5, 5.41) is 6.01. The Morgan fingerprint density at radius 1 is 1.00 bits per heavy atom. The second-order valence-corrected chi connectivity index (χ2v) is 8.46. The number of hydrogen-bond acceptors (Lipinski definition) is 7. The number of carbonyl (C=O) groups is 2. The first kappa shape index (κ1) is 21.8. The predicted octanol–water partition coefficient (Wildman–Crippen LogP) is 6.07. The van der Waals surface area contributed by atoms with Crippen LogP contribution in [0, 0.1) is 0 Å². The third-order valence-corrected chi connectivity index (χ3v) is 6.03. The van der Waals surface area contributed by atoms with Gasteiger partial charge in [0.2, 0.25) is 0 Å². The molecule has 0 aliphatic rings. The molecule has 5 rings (SSSR count). The summed E-state index contributed by atoms with van der Waals surface area (Å²) in [5.74, 6) is -0.619. The van der Waals surface area contributed by atoms with Crippen molar-refractivity contribution in [1.82, 2.24) is 9.97 Å². The number of hydrogen-bond donors (Lipinski definition) is 1. The van der Waals surface area contributed by atoms with Crippen LogP contribution >= 0.6 is 22.9 Å². The quantitative estimate of drug-likeness (QED) is 0.291. The summed E-state index contributed by atoms with van der Waals surface area (Å²) in [5.41, 5.74) is 2.82. The van der Waals surface area contributed by atoms with Gasteiger partial charge in [-0.05, 0) is 30.3 Å². The number of halogens is 1. The molecule has 0 bridgehead atoms. The number of carbonyl (C=O) groups excluding carboxylic acids is 2. The van der Waals surface area contributed by atoms with Crippen molar-refractivity contribution in [2.75, 3.05) is 11.9 Å². The maximum Gasteiger partial charge on any atom is 0.339 e. The first-order chi connectivity index (χ1) is 16.6. The minimum absolute atomic E-state index is 0.292. The average Bonchev–Trinajstić information content (AvgIpc) is 3.55. The molecule has 0 unspecified atom stereocenters. The summed E-state index contributed by atoms with van der Waals surface area (Å²) in [6, 6.07) is 19.6. The molecule has 3 aromatic heterocycles. The van der Waals surface area contributed by atoms with E-state index in [1.165, 1.54) is 17.6 Å². The van der Waals surface area contributed by atoms with Crippen LogP contribution in [0.2, 0.25) is 5.02 Å². The van der Waals surface area contributed by atoms with Crippen LogP contribution in [0.1, 0.15) is 10.4 Å². The fraction of sp³-hybridized carbons (Fsp3) is 0.0400. The molecule has 0 aliphatic carbocycles. The fourth-order valence-electron chi connectivity index (χ4n) is 3.38. The molecule has 1 N–H and O–H groups in total. The van der Waals surface area contributed by atoms with Gasteiger partial charge in [0.25, 0.3) is 5.91 Å². The van der Waals surface area contributed by atoms with Crippen molar-refractivity contribution < 1.29 is 18.7 Å². The zero-order valence-electron chi connectivity index (χ0n) is 17.5. The smallest absolute Gasteiger partial charge is 0.339 e. The van der Waals surface area contributed by atoms with Gasteiger partial charge in [0.1, 0.15) is 5.69 Å². The molecule has 0 atom stereocenters. The van der Waals surface area contributed by atoms with Gasteiger partial charge < -0.3 is 9.15 Å². The van der Waals surface area contributed by atoms with Gasteiger partial charge in [-0.25, -0.2) is 14.8 Å². The molecule has 0 radical (unpaired) electrons.